The maximum Gasteiger partial charge on any atom is 0.227 e. The smallest absolute Gasteiger partial charge is 0.227 e. The molecule has 21 heavy (non-hydrogen) atoms. The number of carbonyl (C=O) groups excluding carboxylic acids is 1. The second kappa shape index (κ2) is 4.65. The van der Waals surface area contributed by atoms with Crippen LogP contribution in [0.4, 0.5) is 0 Å². The van der Waals surface area contributed by atoms with Gasteiger partial charge in [-0.25, -0.2) is 0 Å². The Morgan fingerprint density at radius 3 is 2.67 bits per heavy atom. The van der Waals surface area contributed by atoms with E-state index < -0.39 is 0 Å². The predicted octanol–water partition coefficient (Wildman–Crippen LogP) is 4.00. The van der Waals surface area contributed by atoms with Gasteiger partial charge in [0.2, 0.25) is 5.91 Å². The summed E-state index contributed by atoms with van der Waals surface area (Å²) in [6.07, 6.45) is 0. The molecule has 1 aliphatic heterocycles. The Hall–Kier alpha value is -1.19. The van der Waals surface area contributed by atoms with Crippen LogP contribution in [0.5, 0.6) is 0 Å². The molecule has 0 saturated carbocycles. The number of carbonyl (C=O) groups is 1. The van der Waals surface area contributed by atoms with E-state index in [0.29, 0.717) is 16.6 Å². The number of rotatable bonds is 0. The summed E-state index contributed by atoms with van der Waals surface area (Å²) in [6, 6.07) is 3.77. The van der Waals surface area contributed by atoms with Crippen molar-refractivity contribution < 1.29 is 4.79 Å². The molecule has 1 unspecified atom stereocenters. The number of nitrogens with one attached hydrogen (secondary N) is 1. The van der Waals surface area contributed by atoms with E-state index in [2.05, 4.69) is 23.7 Å². The zero-order valence-corrected chi connectivity index (χ0v) is 14.1. The van der Waals surface area contributed by atoms with E-state index >= 15 is 0 Å². The highest BCUT2D eigenvalue weighted by Crippen LogP contribution is 2.43. The van der Waals surface area contributed by atoms with Gasteiger partial charge >= 0.3 is 0 Å². The highest BCUT2D eigenvalue weighted by atomic mass is 35.5. The van der Waals surface area contributed by atoms with Crippen molar-refractivity contribution in [2.24, 2.45) is 7.05 Å². The molecule has 3 nitrogen and oxygen atoms in total. The van der Waals surface area contributed by atoms with E-state index in [-0.39, 0.29) is 17.2 Å². The van der Waals surface area contributed by atoms with Gasteiger partial charge in [-0.05, 0) is 18.6 Å². The number of amides is 1. The van der Waals surface area contributed by atoms with Crippen LogP contribution in [0.25, 0.3) is 10.9 Å². The van der Waals surface area contributed by atoms with Crippen LogP contribution in [0.15, 0.2) is 12.1 Å². The van der Waals surface area contributed by atoms with E-state index in [1.807, 2.05) is 20.0 Å². The molecule has 1 amide bonds. The molecule has 0 saturated heterocycles. The fourth-order valence-corrected chi connectivity index (χ4v) is 3.88. The van der Waals surface area contributed by atoms with Crippen molar-refractivity contribution in [2.75, 3.05) is 6.54 Å². The SMILES string of the molecule is CC1C(=O)NCC(C)(C)c2c1c1ccc(Cl)c(Cl)c1n2C. The highest BCUT2D eigenvalue weighted by molar-refractivity contribution is 6.45. The maximum absolute atomic E-state index is 12.3. The number of hydrogen-bond acceptors (Lipinski definition) is 1. The van der Waals surface area contributed by atoms with Crippen molar-refractivity contribution in [3.05, 3.63) is 33.4 Å². The molecule has 3 rings (SSSR count). The Morgan fingerprint density at radius 2 is 2.00 bits per heavy atom. The third kappa shape index (κ3) is 1.98. The highest BCUT2D eigenvalue weighted by Gasteiger charge is 2.37. The third-order valence-corrected chi connectivity index (χ3v) is 5.25. The van der Waals surface area contributed by atoms with Crippen LogP contribution in [0.3, 0.4) is 0 Å². The number of aromatic nitrogens is 1. The van der Waals surface area contributed by atoms with Gasteiger partial charge in [0.15, 0.2) is 0 Å². The number of nitrogens with zero attached hydrogens (tertiary/aromatic N) is 1. The molecule has 112 valence electrons. The van der Waals surface area contributed by atoms with Crippen LogP contribution in [-0.2, 0) is 17.3 Å². The minimum atomic E-state index is -0.206. The van der Waals surface area contributed by atoms with Gasteiger partial charge < -0.3 is 9.88 Å². The minimum Gasteiger partial charge on any atom is -0.355 e. The molecule has 1 aromatic carbocycles. The van der Waals surface area contributed by atoms with Crippen LogP contribution in [0.2, 0.25) is 10.0 Å². The average Bonchev–Trinajstić information content (AvgIpc) is 2.69. The third-order valence-electron chi connectivity index (χ3n) is 4.46. The number of hydrogen-bond donors (Lipinski definition) is 1. The Kier molecular flexibility index (Phi) is 3.26. The normalized spacial score (nSPS) is 21.0. The molecule has 0 bridgehead atoms. The molecule has 1 N–H and O–H groups in total. The lowest BCUT2D eigenvalue weighted by atomic mass is 9.84. The first-order valence-corrected chi connectivity index (χ1v) is 7.75. The number of fused-ring (bicyclic) bond motifs is 3. The summed E-state index contributed by atoms with van der Waals surface area (Å²) in [6.45, 7) is 6.83. The summed E-state index contributed by atoms with van der Waals surface area (Å²) in [7, 11) is 1.99. The van der Waals surface area contributed by atoms with Crippen molar-refractivity contribution in [1.82, 2.24) is 9.88 Å². The van der Waals surface area contributed by atoms with E-state index in [4.69, 9.17) is 23.2 Å². The van der Waals surface area contributed by atoms with Crippen molar-refractivity contribution in [3.8, 4) is 0 Å². The first-order valence-electron chi connectivity index (χ1n) is 7.00. The quantitative estimate of drug-likeness (QED) is 0.780. The number of halogens is 2. The zero-order valence-electron chi connectivity index (χ0n) is 12.6. The van der Waals surface area contributed by atoms with E-state index in [1.165, 1.54) is 0 Å². The van der Waals surface area contributed by atoms with E-state index in [0.717, 1.165) is 22.2 Å². The van der Waals surface area contributed by atoms with E-state index in [9.17, 15) is 4.79 Å². The largest absolute Gasteiger partial charge is 0.355 e. The molecule has 0 aliphatic carbocycles. The molecule has 1 atom stereocenters. The zero-order chi connectivity index (χ0) is 15.5. The first kappa shape index (κ1) is 14.7. The summed E-state index contributed by atoms with van der Waals surface area (Å²) >= 11 is 12.6. The van der Waals surface area contributed by atoms with Crippen molar-refractivity contribution >= 4 is 40.0 Å². The Bertz CT molecular complexity index is 761. The van der Waals surface area contributed by atoms with Crippen molar-refractivity contribution in [1.29, 1.82) is 0 Å². The number of benzene rings is 1. The van der Waals surface area contributed by atoms with Gasteiger partial charge in [-0.1, -0.05) is 43.1 Å². The minimum absolute atomic E-state index is 0.0559. The van der Waals surface area contributed by atoms with Gasteiger partial charge in [0.25, 0.3) is 0 Å². The summed E-state index contributed by atoms with van der Waals surface area (Å²) in [5, 5.41) is 5.12. The summed E-state index contributed by atoms with van der Waals surface area (Å²) in [4.78, 5) is 12.3. The molecular formula is C16H18Cl2N2O. The second-order valence-corrected chi connectivity index (χ2v) is 7.19. The Labute approximate surface area is 134 Å². The van der Waals surface area contributed by atoms with Crippen LogP contribution in [0, 0.1) is 0 Å². The van der Waals surface area contributed by atoms with Gasteiger partial charge in [-0.2, -0.15) is 0 Å². The number of aryl methyl sites for hydroxylation is 1. The molecule has 0 spiro atoms. The van der Waals surface area contributed by atoms with E-state index in [1.54, 1.807) is 6.07 Å². The predicted molar refractivity (Wildman–Crippen MR) is 87.4 cm³/mol. The summed E-state index contributed by atoms with van der Waals surface area (Å²) in [5.74, 6) is -0.150. The van der Waals surface area contributed by atoms with Crippen LogP contribution in [0.1, 0.15) is 37.9 Å². The Balaban J connectivity index is 2.49. The first-order chi connectivity index (χ1) is 9.75. The monoisotopic (exact) mass is 324 g/mol. The lowest BCUT2D eigenvalue weighted by molar-refractivity contribution is -0.122. The average molecular weight is 325 g/mol. The fourth-order valence-electron chi connectivity index (χ4n) is 3.44. The Morgan fingerprint density at radius 1 is 1.33 bits per heavy atom. The lowest BCUT2D eigenvalue weighted by Gasteiger charge is -2.25. The van der Waals surface area contributed by atoms with Gasteiger partial charge in [-0.15, -0.1) is 0 Å². The summed E-state index contributed by atoms with van der Waals surface area (Å²) in [5.41, 5.74) is 2.95. The topological polar surface area (TPSA) is 34.0 Å². The molecule has 1 aliphatic rings. The fraction of sp³-hybridized carbons (Fsp3) is 0.438. The van der Waals surface area contributed by atoms with Gasteiger partial charge in [0.05, 0.1) is 21.5 Å². The molecular weight excluding hydrogens is 307 g/mol. The van der Waals surface area contributed by atoms with Crippen molar-refractivity contribution in [2.45, 2.75) is 32.1 Å². The molecule has 1 aromatic heterocycles. The molecule has 0 fully saturated rings. The molecule has 2 heterocycles. The molecule has 2 aromatic rings. The second-order valence-electron chi connectivity index (χ2n) is 6.40. The summed E-state index contributed by atoms with van der Waals surface area (Å²) < 4.78 is 2.09. The molecule has 5 heteroatoms. The van der Waals surface area contributed by atoms with Gasteiger partial charge in [-0.3, -0.25) is 4.79 Å². The van der Waals surface area contributed by atoms with Gasteiger partial charge in [0.1, 0.15) is 0 Å². The standard InChI is InChI=1S/C16H18Cl2N2O/c1-8-11-9-5-6-10(17)12(18)13(9)20(4)14(11)16(2,3)7-19-15(8)21/h5-6,8H,7H2,1-4H3,(H,19,21). The maximum atomic E-state index is 12.3. The van der Waals surface area contributed by atoms with Crippen LogP contribution in [-0.4, -0.2) is 17.0 Å². The molecule has 0 radical (unpaired) electrons. The lowest BCUT2D eigenvalue weighted by Crippen LogP contribution is -2.35. The van der Waals surface area contributed by atoms with Crippen LogP contribution < -0.4 is 5.32 Å². The van der Waals surface area contributed by atoms with Gasteiger partial charge in [0, 0.05) is 30.1 Å². The van der Waals surface area contributed by atoms with Crippen LogP contribution >= 0.6 is 23.2 Å². The van der Waals surface area contributed by atoms with Crippen molar-refractivity contribution in [3.63, 3.8) is 0 Å².